The van der Waals surface area contributed by atoms with E-state index < -0.39 is 13.0 Å². The molecule has 0 amide bonds. The zero-order valence-electron chi connectivity index (χ0n) is 23.8. The van der Waals surface area contributed by atoms with Crippen molar-refractivity contribution < 1.29 is 10.2 Å². The zero-order valence-corrected chi connectivity index (χ0v) is 20.6. The van der Waals surface area contributed by atoms with Gasteiger partial charge in [-0.2, -0.15) is 4.98 Å². The molecule has 1 aliphatic carbocycles. The molecule has 4 heterocycles. The van der Waals surface area contributed by atoms with E-state index in [4.69, 9.17) is 15.2 Å². The Morgan fingerprint density at radius 2 is 1.97 bits per heavy atom. The standard InChI is InChI=1S/C25H31N7O2.ClH/c1-16-20-15-28-25(29-21-9-8-19(14-27-21)31-12-10-26-11-13-31)30-23(20)32(18-6-4-5-7-18)24(33)22(16)17(2)34-3;/h8-9,14-15,18,26H,2,4-7,10-13H2,1,3H3,(H,27,28,29,30);1H/i10D2,11D2;. The van der Waals surface area contributed by atoms with Gasteiger partial charge in [0.25, 0.3) is 5.56 Å². The van der Waals surface area contributed by atoms with Crippen molar-refractivity contribution in [2.24, 2.45) is 0 Å². The summed E-state index contributed by atoms with van der Waals surface area (Å²) in [6.45, 7) is 2.00. The fourth-order valence-corrected chi connectivity index (χ4v) is 4.66. The largest absolute Gasteiger partial charge is 0.497 e. The molecule has 0 aromatic carbocycles. The topological polar surface area (TPSA) is 97.2 Å². The summed E-state index contributed by atoms with van der Waals surface area (Å²) in [4.78, 5) is 28.8. The van der Waals surface area contributed by atoms with E-state index in [0.717, 1.165) is 36.6 Å². The van der Waals surface area contributed by atoms with E-state index in [1.54, 1.807) is 34.0 Å². The van der Waals surface area contributed by atoms with E-state index in [1.807, 2.05) is 6.92 Å². The Labute approximate surface area is 216 Å². The zero-order chi connectivity index (χ0) is 27.2. The lowest BCUT2D eigenvalue weighted by molar-refractivity contribution is 0.369. The molecule has 1 saturated heterocycles. The molecule has 2 fully saturated rings. The van der Waals surface area contributed by atoms with Crippen LogP contribution in [0.1, 0.15) is 48.3 Å². The average molecular weight is 502 g/mol. The second-order valence-electron chi connectivity index (χ2n) is 8.53. The SMILES string of the molecule is Cl.[2H]C1([2H])CN(c2ccc(Nc3ncc4c(C)c(C(=C)OC)c(=O)n(C5CCCC5)c4n3)nc2)CC([2H])([2H])N1. The van der Waals surface area contributed by atoms with Gasteiger partial charge in [0.1, 0.15) is 17.2 Å². The highest BCUT2D eigenvalue weighted by molar-refractivity contribution is 5.85. The molecule has 0 atom stereocenters. The van der Waals surface area contributed by atoms with Gasteiger partial charge in [-0.3, -0.25) is 9.36 Å². The normalized spacial score (nSPS) is 20.8. The number of hydrogen-bond donors (Lipinski definition) is 2. The first-order valence-corrected chi connectivity index (χ1v) is 11.4. The second kappa shape index (κ2) is 10.6. The lowest BCUT2D eigenvalue weighted by Crippen LogP contribution is -2.43. The van der Waals surface area contributed by atoms with Crippen LogP contribution in [0.2, 0.25) is 0 Å². The number of anilines is 3. The molecule has 5 rings (SSSR count). The number of fused-ring (bicyclic) bond motifs is 1. The maximum Gasteiger partial charge on any atom is 0.263 e. The lowest BCUT2D eigenvalue weighted by atomic mass is 10.0. The van der Waals surface area contributed by atoms with Crippen LogP contribution in [0, 0.1) is 6.92 Å². The smallest absolute Gasteiger partial charge is 0.263 e. The fourth-order valence-electron chi connectivity index (χ4n) is 4.66. The van der Waals surface area contributed by atoms with Crippen LogP contribution in [-0.2, 0) is 4.74 Å². The number of rotatable bonds is 6. The molecule has 2 aliphatic rings. The van der Waals surface area contributed by atoms with Gasteiger partial charge in [-0.15, -0.1) is 12.4 Å². The number of halogens is 1. The Kier molecular flexibility index (Phi) is 6.09. The van der Waals surface area contributed by atoms with Crippen molar-refractivity contribution >= 4 is 46.7 Å². The summed E-state index contributed by atoms with van der Waals surface area (Å²) in [5.41, 5.74) is 2.13. The number of methoxy groups -OCH3 is 1. The van der Waals surface area contributed by atoms with E-state index in [-0.39, 0.29) is 43.0 Å². The van der Waals surface area contributed by atoms with Crippen LogP contribution in [0.15, 0.2) is 35.9 Å². The number of nitrogens with zero attached hydrogens (tertiary/aromatic N) is 5. The van der Waals surface area contributed by atoms with Crippen molar-refractivity contribution in [1.82, 2.24) is 24.8 Å². The molecule has 186 valence electrons. The first-order valence-electron chi connectivity index (χ1n) is 13.4. The first-order chi connectivity index (χ1) is 18.0. The van der Waals surface area contributed by atoms with E-state index in [9.17, 15) is 4.79 Å². The molecule has 2 N–H and O–H groups in total. The average Bonchev–Trinajstić information content (AvgIpc) is 3.37. The minimum Gasteiger partial charge on any atom is -0.497 e. The van der Waals surface area contributed by atoms with Crippen molar-refractivity contribution in [3.05, 3.63) is 52.6 Å². The second-order valence-corrected chi connectivity index (χ2v) is 8.53. The van der Waals surface area contributed by atoms with Gasteiger partial charge in [-0.05, 0) is 37.5 Å². The van der Waals surface area contributed by atoms with Gasteiger partial charge < -0.3 is 20.3 Å². The van der Waals surface area contributed by atoms with Crippen molar-refractivity contribution in [2.75, 3.05) is 43.4 Å². The quantitative estimate of drug-likeness (QED) is 0.492. The summed E-state index contributed by atoms with van der Waals surface area (Å²) in [5.74, 6) is 1.07. The lowest BCUT2D eigenvalue weighted by Gasteiger charge is -2.29. The maximum absolute atomic E-state index is 13.6. The molecule has 0 bridgehead atoms. The van der Waals surface area contributed by atoms with Gasteiger partial charge in [0, 0.05) is 49.2 Å². The molecule has 3 aromatic heterocycles. The molecule has 35 heavy (non-hydrogen) atoms. The van der Waals surface area contributed by atoms with Crippen LogP contribution in [0.25, 0.3) is 16.8 Å². The molecule has 9 nitrogen and oxygen atoms in total. The van der Waals surface area contributed by atoms with Gasteiger partial charge in [0.2, 0.25) is 5.95 Å². The number of pyridine rings is 2. The van der Waals surface area contributed by atoms with Gasteiger partial charge in [-0.25, -0.2) is 9.97 Å². The summed E-state index contributed by atoms with van der Waals surface area (Å²) >= 11 is 0. The van der Waals surface area contributed by atoms with Crippen molar-refractivity contribution in [3.63, 3.8) is 0 Å². The summed E-state index contributed by atoms with van der Waals surface area (Å²) in [6, 6.07) is 3.49. The Morgan fingerprint density at radius 3 is 2.63 bits per heavy atom. The predicted octanol–water partition coefficient (Wildman–Crippen LogP) is 3.80. The molecule has 0 radical (unpaired) electrons. The van der Waals surface area contributed by atoms with Crippen molar-refractivity contribution in [3.8, 4) is 0 Å². The van der Waals surface area contributed by atoms with E-state index >= 15 is 0 Å². The molecule has 1 saturated carbocycles. The van der Waals surface area contributed by atoms with Crippen LogP contribution in [0.5, 0.6) is 0 Å². The van der Waals surface area contributed by atoms with Crippen LogP contribution in [0.4, 0.5) is 17.5 Å². The molecular formula is C25H32ClN7O2. The Hall–Kier alpha value is -3.17. The molecule has 1 aliphatic heterocycles. The van der Waals surface area contributed by atoms with Crippen molar-refractivity contribution in [1.29, 1.82) is 0 Å². The van der Waals surface area contributed by atoms with Gasteiger partial charge in [-0.1, -0.05) is 19.4 Å². The fraction of sp³-hybridized carbons (Fsp3) is 0.440. The predicted molar refractivity (Wildman–Crippen MR) is 142 cm³/mol. The minimum atomic E-state index is -1.87. The molecule has 0 unspecified atom stereocenters. The van der Waals surface area contributed by atoms with Gasteiger partial charge in [0.05, 0.1) is 24.6 Å². The Bertz CT molecular complexity index is 1430. The van der Waals surface area contributed by atoms with E-state index in [0.29, 0.717) is 28.5 Å². The van der Waals surface area contributed by atoms with Crippen LogP contribution < -0.4 is 21.1 Å². The summed E-state index contributed by atoms with van der Waals surface area (Å²) < 4.78 is 38.9. The summed E-state index contributed by atoms with van der Waals surface area (Å²) in [7, 11) is 1.50. The number of aryl methyl sites for hydroxylation is 1. The van der Waals surface area contributed by atoms with Gasteiger partial charge >= 0.3 is 0 Å². The Morgan fingerprint density at radius 1 is 1.23 bits per heavy atom. The number of nitrogens with one attached hydrogen (secondary N) is 2. The highest BCUT2D eigenvalue weighted by Crippen LogP contribution is 2.33. The summed E-state index contributed by atoms with van der Waals surface area (Å²) in [6.07, 6.45) is 7.15. The molecule has 0 spiro atoms. The van der Waals surface area contributed by atoms with Crippen LogP contribution in [0.3, 0.4) is 0 Å². The molecular weight excluding hydrogens is 466 g/mol. The Balaban J connectivity index is 0.00000353. The number of aromatic nitrogens is 4. The highest BCUT2D eigenvalue weighted by atomic mass is 35.5. The number of hydrogen-bond acceptors (Lipinski definition) is 8. The molecule has 3 aromatic rings. The molecule has 10 heteroatoms. The van der Waals surface area contributed by atoms with Crippen LogP contribution >= 0.6 is 12.4 Å². The van der Waals surface area contributed by atoms with E-state index in [1.165, 1.54) is 7.11 Å². The van der Waals surface area contributed by atoms with Gasteiger partial charge in [0.15, 0.2) is 0 Å². The highest BCUT2D eigenvalue weighted by Gasteiger charge is 2.25. The van der Waals surface area contributed by atoms with Crippen LogP contribution in [-0.4, -0.2) is 52.7 Å². The third-order valence-corrected chi connectivity index (χ3v) is 6.49. The number of ether oxygens (including phenoxy) is 1. The van der Waals surface area contributed by atoms with Crippen molar-refractivity contribution in [2.45, 2.75) is 38.6 Å². The third-order valence-electron chi connectivity index (χ3n) is 6.49. The third kappa shape index (κ3) is 4.83. The van der Waals surface area contributed by atoms with E-state index in [2.05, 4.69) is 27.2 Å². The first kappa shape index (κ1) is 20.1. The number of piperazine rings is 1. The monoisotopic (exact) mass is 501 g/mol. The maximum atomic E-state index is 13.6. The summed E-state index contributed by atoms with van der Waals surface area (Å²) in [5, 5.41) is 6.22. The minimum absolute atomic E-state index is 0.